The number of hydrogen-bond donors (Lipinski definition) is 0. The summed E-state index contributed by atoms with van der Waals surface area (Å²) >= 11 is 0. The Morgan fingerprint density at radius 1 is 1.03 bits per heavy atom. The van der Waals surface area contributed by atoms with E-state index in [2.05, 4.69) is 56.2 Å². The van der Waals surface area contributed by atoms with Gasteiger partial charge in [-0.2, -0.15) is 18.3 Å². The van der Waals surface area contributed by atoms with E-state index in [9.17, 15) is 18.0 Å². The zero-order valence-corrected chi connectivity index (χ0v) is 21.4. The van der Waals surface area contributed by atoms with E-state index >= 15 is 0 Å². The van der Waals surface area contributed by atoms with Crippen LogP contribution in [0.25, 0.3) is 0 Å². The van der Waals surface area contributed by atoms with Crippen LogP contribution in [0.1, 0.15) is 76.8 Å². The molecule has 0 spiro atoms. The Morgan fingerprint density at radius 2 is 1.78 bits per heavy atom. The molecule has 0 saturated heterocycles. The topological polar surface area (TPSA) is 41.9 Å². The van der Waals surface area contributed by atoms with Crippen molar-refractivity contribution in [3.05, 3.63) is 35.9 Å². The molecule has 4 fully saturated rings. The molecule has 0 aromatic heterocycles. The summed E-state index contributed by atoms with van der Waals surface area (Å²) in [6.45, 7) is 4.84. The van der Waals surface area contributed by atoms with Crippen LogP contribution in [0.2, 0.25) is 0 Å². The number of fused-ring (bicyclic) bond motifs is 7. The molecule has 0 amide bonds. The second-order valence-corrected chi connectivity index (χ2v) is 12.7. The number of hydrogen-bond acceptors (Lipinski definition) is 4. The molecule has 1 heterocycles. The van der Waals surface area contributed by atoms with Crippen LogP contribution in [0.4, 0.5) is 13.2 Å². The first kappa shape index (κ1) is 24.3. The van der Waals surface area contributed by atoms with E-state index in [0.29, 0.717) is 48.5 Å². The predicted octanol–water partition coefficient (Wildman–Crippen LogP) is 6.77. The van der Waals surface area contributed by atoms with Gasteiger partial charge in [0, 0.05) is 24.1 Å². The Hall–Kier alpha value is -2.05. The highest BCUT2D eigenvalue weighted by molar-refractivity contribution is 5.96. The van der Waals surface area contributed by atoms with Gasteiger partial charge < -0.3 is 4.74 Å². The molecule has 5 aliphatic rings. The zero-order chi connectivity index (χ0) is 25.5. The van der Waals surface area contributed by atoms with E-state index in [-0.39, 0.29) is 10.8 Å². The van der Waals surface area contributed by atoms with Gasteiger partial charge in [-0.3, -0.25) is 5.01 Å². The molecular weight excluding hydrogens is 465 g/mol. The maximum absolute atomic E-state index is 12.8. The number of esters is 1. The molecule has 0 unspecified atom stereocenters. The van der Waals surface area contributed by atoms with Crippen molar-refractivity contribution >= 4 is 11.7 Å². The third-order valence-electron chi connectivity index (χ3n) is 11.1. The molecule has 7 heteroatoms. The molecular formula is C29H37F3N2O2. The lowest BCUT2D eigenvalue weighted by Gasteiger charge is -2.60. The van der Waals surface area contributed by atoms with Gasteiger partial charge in [-0.15, -0.1) is 0 Å². The standard InChI is InChI=1S/C29H37F3N2O2/c1-27-13-11-19(36-26(35)29(30,31)32)15-18(27)9-10-20-22(27)12-14-28(2)23(20)16-21-24(34(3)33-25(21)28)17-7-5-4-6-8-17/h4-8,18-24H,9-16H2,1-3H3/t18-,19-,20+,21+,22-,23-,24+,27-,28-/m0/s1. The van der Waals surface area contributed by atoms with Gasteiger partial charge in [-0.05, 0) is 86.0 Å². The van der Waals surface area contributed by atoms with Gasteiger partial charge in [-0.1, -0.05) is 44.2 Å². The smallest absolute Gasteiger partial charge is 0.456 e. The van der Waals surface area contributed by atoms with E-state index < -0.39 is 18.2 Å². The van der Waals surface area contributed by atoms with E-state index in [4.69, 9.17) is 9.84 Å². The summed E-state index contributed by atoms with van der Waals surface area (Å²) in [4.78, 5) is 11.4. The third-order valence-corrected chi connectivity index (χ3v) is 11.1. The molecule has 4 aliphatic carbocycles. The lowest BCUT2D eigenvalue weighted by molar-refractivity contribution is -0.210. The monoisotopic (exact) mass is 502 g/mol. The van der Waals surface area contributed by atoms with Crippen LogP contribution in [0.3, 0.4) is 0 Å². The van der Waals surface area contributed by atoms with E-state index in [1.54, 1.807) is 0 Å². The number of carbonyl (C=O) groups excluding carboxylic acids is 1. The molecule has 0 radical (unpaired) electrons. The number of halogens is 3. The maximum atomic E-state index is 12.8. The second kappa shape index (κ2) is 8.22. The van der Waals surface area contributed by atoms with Crippen LogP contribution >= 0.6 is 0 Å². The number of rotatable bonds is 2. The van der Waals surface area contributed by atoms with Gasteiger partial charge in [0.1, 0.15) is 6.10 Å². The summed E-state index contributed by atoms with van der Waals surface area (Å²) in [6, 6.07) is 11.1. The van der Waals surface area contributed by atoms with Crippen LogP contribution in [-0.4, -0.2) is 36.0 Å². The summed E-state index contributed by atoms with van der Waals surface area (Å²) in [5, 5.41) is 7.35. The van der Waals surface area contributed by atoms with E-state index in [1.165, 1.54) is 17.7 Å². The Morgan fingerprint density at radius 3 is 2.50 bits per heavy atom. The number of alkyl halides is 3. The SMILES string of the molecule is CN1N=C2[C@H](C[C@H]3[C@@H]4CC[C@H]5C[C@@H](OC(=O)C(F)(F)F)CC[C@]5(C)[C@H]4CC[C@]23C)[C@H]1c1ccccc1. The summed E-state index contributed by atoms with van der Waals surface area (Å²) < 4.78 is 43.2. The predicted molar refractivity (Wildman–Crippen MR) is 131 cm³/mol. The van der Waals surface area contributed by atoms with Crippen molar-refractivity contribution in [1.82, 2.24) is 5.01 Å². The molecule has 196 valence electrons. The highest BCUT2D eigenvalue weighted by Crippen LogP contribution is 2.68. The molecule has 36 heavy (non-hydrogen) atoms. The number of nitrogens with zero attached hydrogens (tertiary/aromatic N) is 2. The molecule has 4 nitrogen and oxygen atoms in total. The minimum atomic E-state index is -4.92. The Balaban J connectivity index is 1.21. The molecule has 1 aliphatic heterocycles. The fourth-order valence-corrected chi connectivity index (χ4v) is 9.48. The maximum Gasteiger partial charge on any atom is 0.490 e. The Labute approximate surface area is 211 Å². The lowest BCUT2D eigenvalue weighted by atomic mass is 9.45. The van der Waals surface area contributed by atoms with Crippen LogP contribution in [0, 0.1) is 40.4 Å². The number of ether oxygens (including phenoxy) is 1. The van der Waals surface area contributed by atoms with Gasteiger partial charge in [0.15, 0.2) is 0 Å². The minimum absolute atomic E-state index is 0.112. The molecule has 1 aromatic carbocycles. The highest BCUT2D eigenvalue weighted by atomic mass is 19.4. The molecule has 1 aromatic rings. The number of benzene rings is 1. The second-order valence-electron chi connectivity index (χ2n) is 12.7. The first-order valence-corrected chi connectivity index (χ1v) is 13.7. The van der Waals surface area contributed by atoms with Crippen molar-refractivity contribution in [2.24, 2.45) is 45.5 Å². The van der Waals surface area contributed by atoms with Crippen molar-refractivity contribution in [1.29, 1.82) is 0 Å². The third kappa shape index (κ3) is 3.54. The molecule has 6 rings (SSSR count). The average molecular weight is 503 g/mol. The zero-order valence-electron chi connectivity index (χ0n) is 21.4. The first-order valence-electron chi connectivity index (χ1n) is 13.7. The molecule has 4 saturated carbocycles. The van der Waals surface area contributed by atoms with E-state index in [1.807, 2.05) is 0 Å². The lowest BCUT2D eigenvalue weighted by Crippen LogP contribution is -2.54. The fraction of sp³-hybridized carbons (Fsp3) is 0.724. The van der Waals surface area contributed by atoms with Gasteiger partial charge in [-0.25, -0.2) is 4.79 Å². The van der Waals surface area contributed by atoms with Gasteiger partial charge in [0.05, 0.1) is 6.04 Å². The van der Waals surface area contributed by atoms with Crippen LogP contribution in [-0.2, 0) is 9.53 Å². The molecule has 0 bridgehead atoms. The molecule has 9 atom stereocenters. The van der Waals surface area contributed by atoms with Crippen LogP contribution < -0.4 is 0 Å². The first-order chi connectivity index (χ1) is 17.0. The minimum Gasteiger partial charge on any atom is -0.456 e. The largest absolute Gasteiger partial charge is 0.490 e. The van der Waals surface area contributed by atoms with Crippen molar-refractivity contribution in [3.63, 3.8) is 0 Å². The Kier molecular flexibility index (Phi) is 5.55. The fourth-order valence-electron chi connectivity index (χ4n) is 9.48. The van der Waals surface area contributed by atoms with Crippen molar-refractivity contribution < 1.29 is 22.7 Å². The van der Waals surface area contributed by atoms with Crippen molar-refractivity contribution in [3.8, 4) is 0 Å². The summed E-state index contributed by atoms with van der Waals surface area (Å²) in [7, 11) is 2.11. The van der Waals surface area contributed by atoms with Gasteiger partial charge in [0.2, 0.25) is 0 Å². The Bertz CT molecular complexity index is 1060. The van der Waals surface area contributed by atoms with Gasteiger partial charge >= 0.3 is 12.1 Å². The molecule has 0 N–H and O–H groups in total. The average Bonchev–Trinajstić information content (AvgIpc) is 3.31. The quantitative estimate of drug-likeness (QED) is 0.419. The summed E-state index contributed by atoms with van der Waals surface area (Å²) in [5.41, 5.74) is 2.98. The summed E-state index contributed by atoms with van der Waals surface area (Å²) in [6.07, 6.45) is 2.04. The normalized spacial score (nSPS) is 43.7. The van der Waals surface area contributed by atoms with Gasteiger partial charge in [0.25, 0.3) is 0 Å². The van der Waals surface area contributed by atoms with E-state index in [0.717, 1.165) is 32.1 Å². The van der Waals surface area contributed by atoms with Crippen LogP contribution in [0.15, 0.2) is 35.4 Å². The van der Waals surface area contributed by atoms with Crippen molar-refractivity contribution in [2.75, 3.05) is 7.05 Å². The number of hydrazone groups is 1. The summed E-state index contributed by atoms with van der Waals surface area (Å²) in [5.74, 6) is 0.571. The highest BCUT2D eigenvalue weighted by Gasteiger charge is 2.64. The van der Waals surface area contributed by atoms with Crippen LogP contribution in [0.5, 0.6) is 0 Å². The van der Waals surface area contributed by atoms with Crippen molar-refractivity contribution in [2.45, 2.75) is 83.5 Å². The number of carbonyl (C=O) groups is 1.